The minimum atomic E-state index is 0.150. The smallest absolute Gasteiger partial charge is 0.254 e. The van der Waals surface area contributed by atoms with E-state index in [0.717, 1.165) is 61.5 Å². The van der Waals surface area contributed by atoms with Crippen LogP contribution < -0.4 is 14.8 Å². The standard InChI is InChI=1S/C22H26N2O3/c1-26-20-10-8-17-18(21(20)27-2)7-9-19(17)23-12-14-24-13-11-15-5-3-4-6-16(15)22(24)25/h3-6,8,10,19,23H,7,9,11-14H2,1-2H3/t19-/m0/s1. The molecule has 1 aliphatic carbocycles. The SMILES string of the molecule is COc1ccc2c(c1OC)CC[C@@H]2NCCN1CCc2ccccc2C1=O. The van der Waals surface area contributed by atoms with Crippen molar-refractivity contribution in [1.29, 1.82) is 0 Å². The molecule has 142 valence electrons. The van der Waals surface area contributed by atoms with Gasteiger partial charge in [-0.15, -0.1) is 0 Å². The van der Waals surface area contributed by atoms with E-state index in [1.54, 1.807) is 14.2 Å². The van der Waals surface area contributed by atoms with E-state index in [9.17, 15) is 4.79 Å². The zero-order valence-corrected chi connectivity index (χ0v) is 16.0. The van der Waals surface area contributed by atoms with Gasteiger partial charge in [-0.2, -0.15) is 0 Å². The van der Waals surface area contributed by atoms with E-state index in [1.807, 2.05) is 29.2 Å². The average molecular weight is 366 g/mol. The molecule has 1 atom stereocenters. The van der Waals surface area contributed by atoms with E-state index >= 15 is 0 Å². The molecule has 27 heavy (non-hydrogen) atoms. The normalized spacial score (nSPS) is 18.2. The van der Waals surface area contributed by atoms with Crippen molar-refractivity contribution in [1.82, 2.24) is 10.2 Å². The van der Waals surface area contributed by atoms with Crippen LogP contribution >= 0.6 is 0 Å². The van der Waals surface area contributed by atoms with Gasteiger partial charge in [-0.05, 0) is 42.5 Å². The molecule has 1 heterocycles. The summed E-state index contributed by atoms with van der Waals surface area (Å²) in [6.45, 7) is 2.31. The number of rotatable bonds is 6. The number of nitrogens with zero attached hydrogens (tertiary/aromatic N) is 1. The molecule has 0 radical (unpaired) electrons. The highest BCUT2D eigenvalue weighted by Crippen LogP contribution is 2.42. The van der Waals surface area contributed by atoms with Crippen LogP contribution in [0.5, 0.6) is 11.5 Å². The lowest BCUT2D eigenvalue weighted by Gasteiger charge is -2.29. The number of amides is 1. The van der Waals surface area contributed by atoms with Crippen LogP contribution in [0.1, 0.15) is 39.5 Å². The van der Waals surface area contributed by atoms with E-state index in [1.165, 1.54) is 11.1 Å². The lowest BCUT2D eigenvalue weighted by Crippen LogP contribution is -2.41. The zero-order chi connectivity index (χ0) is 18.8. The number of carbonyl (C=O) groups is 1. The van der Waals surface area contributed by atoms with Gasteiger partial charge in [-0.25, -0.2) is 0 Å². The third-order valence-corrected chi connectivity index (χ3v) is 5.70. The van der Waals surface area contributed by atoms with E-state index in [2.05, 4.69) is 17.4 Å². The highest BCUT2D eigenvalue weighted by Gasteiger charge is 2.28. The predicted molar refractivity (Wildman–Crippen MR) is 105 cm³/mol. The second kappa shape index (κ2) is 7.61. The van der Waals surface area contributed by atoms with Crippen LogP contribution in [0, 0.1) is 0 Å². The summed E-state index contributed by atoms with van der Waals surface area (Å²) >= 11 is 0. The molecule has 2 aromatic rings. The highest BCUT2D eigenvalue weighted by atomic mass is 16.5. The summed E-state index contributed by atoms with van der Waals surface area (Å²) in [6.07, 6.45) is 2.95. The van der Waals surface area contributed by atoms with Crippen molar-refractivity contribution < 1.29 is 14.3 Å². The van der Waals surface area contributed by atoms with Crippen molar-refractivity contribution in [3.63, 3.8) is 0 Å². The molecule has 2 aromatic carbocycles. The number of carbonyl (C=O) groups excluding carboxylic acids is 1. The average Bonchev–Trinajstić information content (AvgIpc) is 3.12. The zero-order valence-electron chi connectivity index (χ0n) is 16.0. The molecule has 4 rings (SSSR count). The summed E-state index contributed by atoms with van der Waals surface area (Å²) in [5.74, 6) is 1.79. The van der Waals surface area contributed by atoms with Gasteiger partial charge in [0.2, 0.25) is 0 Å². The number of hydrogen-bond donors (Lipinski definition) is 1. The molecule has 2 aliphatic rings. The molecule has 5 heteroatoms. The fourth-order valence-corrected chi connectivity index (χ4v) is 4.31. The van der Waals surface area contributed by atoms with Crippen LogP contribution in [0.4, 0.5) is 0 Å². The molecule has 0 aromatic heterocycles. The molecule has 1 amide bonds. The van der Waals surface area contributed by atoms with Gasteiger partial charge in [-0.3, -0.25) is 4.79 Å². The number of hydrogen-bond acceptors (Lipinski definition) is 4. The first-order valence-corrected chi connectivity index (χ1v) is 9.57. The van der Waals surface area contributed by atoms with E-state index in [-0.39, 0.29) is 5.91 Å². The Kier molecular flexibility index (Phi) is 5.03. The van der Waals surface area contributed by atoms with Crippen LogP contribution in [-0.2, 0) is 12.8 Å². The maximum Gasteiger partial charge on any atom is 0.254 e. The topological polar surface area (TPSA) is 50.8 Å². The molecular weight excluding hydrogens is 340 g/mol. The summed E-state index contributed by atoms with van der Waals surface area (Å²) in [6, 6.07) is 12.3. The maximum atomic E-state index is 12.7. The maximum absolute atomic E-state index is 12.7. The third-order valence-electron chi connectivity index (χ3n) is 5.70. The predicted octanol–water partition coefficient (Wildman–Crippen LogP) is 2.98. The first-order chi connectivity index (χ1) is 13.2. The molecular formula is C22H26N2O3. The molecule has 1 aliphatic heterocycles. The van der Waals surface area contributed by atoms with Crippen molar-refractivity contribution >= 4 is 5.91 Å². The monoisotopic (exact) mass is 366 g/mol. The van der Waals surface area contributed by atoms with Crippen molar-refractivity contribution in [3.8, 4) is 11.5 Å². The number of methoxy groups -OCH3 is 2. The van der Waals surface area contributed by atoms with Gasteiger partial charge in [-0.1, -0.05) is 24.3 Å². The Balaban J connectivity index is 1.39. The van der Waals surface area contributed by atoms with Gasteiger partial charge in [0.25, 0.3) is 5.91 Å². The Bertz CT molecular complexity index is 849. The van der Waals surface area contributed by atoms with Crippen molar-refractivity contribution in [2.75, 3.05) is 33.9 Å². The first-order valence-electron chi connectivity index (χ1n) is 9.57. The molecule has 0 bridgehead atoms. The minimum Gasteiger partial charge on any atom is -0.493 e. The lowest BCUT2D eigenvalue weighted by molar-refractivity contribution is 0.0740. The number of benzene rings is 2. The summed E-state index contributed by atoms with van der Waals surface area (Å²) in [5.41, 5.74) is 4.53. The van der Waals surface area contributed by atoms with Gasteiger partial charge in [0, 0.05) is 36.8 Å². The fraction of sp³-hybridized carbons (Fsp3) is 0.409. The Morgan fingerprint density at radius 1 is 1.11 bits per heavy atom. The van der Waals surface area contributed by atoms with Gasteiger partial charge in [0.05, 0.1) is 14.2 Å². The summed E-state index contributed by atoms with van der Waals surface area (Å²) in [5, 5.41) is 3.63. The van der Waals surface area contributed by atoms with Gasteiger partial charge >= 0.3 is 0 Å². The number of ether oxygens (including phenoxy) is 2. The third kappa shape index (κ3) is 3.28. The molecule has 0 saturated heterocycles. The molecule has 0 spiro atoms. The minimum absolute atomic E-state index is 0.150. The van der Waals surface area contributed by atoms with E-state index in [0.29, 0.717) is 6.04 Å². The number of fused-ring (bicyclic) bond motifs is 2. The second-order valence-electron chi connectivity index (χ2n) is 7.11. The van der Waals surface area contributed by atoms with Gasteiger partial charge in [0.1, 0.15) is 0 Å². The van der Waals surface area contributed by atoms with Crippen molar-refractivity contribution in [2.24, 2.45) is 0 Å². The van der Waals surface area contributed by atoms with Crippen LogP contribution in [0.2, 0.25) is 0 Å². The largest absolute Gasteiger partial charge is 0.493 e. The Morgan fingerprint density at radius 3 is 2.78 bits per heavy atom. The lowest BCUT2D eigenvalue weighted by atomic mass is 9.99. The molecule has 0 saturated carbocycles. The highest BCUT2D eigenvalue weighted by molar-refractivity contribution is 5.96. The Hall–Kier alpha value is -2.53. The second-order valence-corrected chi connectivity index (χ2v) is 7.11. The summed E-state index contributed by atoms with van der Waals surface area (Å²) in [4.78, 5) is 14.6. The molecule has 5 nitrogen and oxygen atoms in total. The number of nitrogens with one attached hydrogen (secondary N) is 1. The molecule has 0 fully saturated rings. The van der Waals surface area contributed by atoms with Crippen molar-refractivity contribution in [2.45, 2.75) is 25.3 Å². The summed E-state index contributed by atoms with van der Waals surface area (Å²) < 4.78 is 11.0. The molecule has 1 N–H and O–H groups in total. The van der Waals surface area contributed by atoms with Crippen LogP contribution in [0.25, 0.3) is 0 Å². The Morgan fingerprint density at radius 2 is 1.96 bits per heavy atom. The molecule has 0 unspecified atom stereocenters. The first kappa shape index (κ1) is 17.9. The fourth-order valence-electron chi connectivity index (χ4n) is 4.31. The Labute approximate surface area is 160 Å². The van der Waals surface area contributed by atoms with E-state index < -0.39 is 0 Å². The van der Waals surface area contributed by atoms with Gasteiger partial charge in [0.15, 0.2) is 11.5 Å². The summed E-state index contributed by atoms with van der Waals surface area (Å²) in [7, 11) is 3.36. The van der Waals surface area contributed by atoms with E-state index in [4.69, 9.17) is 9.47 Å². The van der Waals surface area contributed by atoms with Crippen molar-refractivity contribution in [3.05, 3.63) is 58.7 Å². The van der Waals surface area contributed by atoms with Crippen LogP contribution in [-0.4, -0.2) is 44.7 Å². The quantitative estimate of drug-likeness (QED) is 0.854. The van der Waals surface area contributed by atoms with Gasteiger partial charge < -0.3 is 19.7 Å². The van der Waals surface area contributed by atoms with Crippen LogP contribution in [0.15, 0.2) is 36.4 Å². The van der Waals surface area contributed by atoms with Crippen LogP contribution in [0.3, 0.4) is 0 Å².